The molecule has 2 aromatic rings. The number of rotatable bonds is 8. The maximum absolute atomic E-state index is 13.3. The molecule has 0 unspecified atom stereocenters. The summed E-state index contributed by atoms with van der Waals surface area (Å²) in [4.78, 5) is 3.25. The lowest BCUT2D eigenvalue weighted by molar-refractivity contribution is -0.274. The first kappa shape index (κ1) is 25.0. The van der Waals surface area contributed by atoms with Crippen LogP contribution in [0, 0.1) is 0 Å². The summed E-state index contributed by atoms with van der Waals surface area (Å²) < 4.78 is 69.1. The minimum Gasteiger partial charge on any atom is -0.406 e. The second-order valence-corrected chi connectivity index (χ2v) is 11.3. The van der Waals surface area contributed by atoms with Gasteiger partial charge in [0.15, 0.2) is 0 Å². The van der Waals surface area contributed by atoms with Gasteiger partial charge in [-0.1, -0.05) is 6.42 Å². The summed E-state index contributed by atoms with van der Waals surface area (Å²) in [5.74, 6) is 0.126. The number of fused-ring (bicyclic) bond motifs is 1. The van der Waals surface area contributed by atoms with Crippen molar-refractivity contribution in [1.29, 1.82) is 0 Å². The molecule has 0 spiro atoms. The van der Waals surface area contributed by atoms with Gasteiger partial charge < -0.3 is 15.0 Å². The third-order valence-corrected chi connectivity index (χ3v) is 8.72. The van der Waals surface area contributed by atoms with Crippen LogP contribution in [0.3, 0.4) is 0 Å². The SMILES string of the molecule is O=S(=O)(c1ccc(OC(F)(F)F)cc1)N1CCSc2ccc(NCCCN3CCCCC3)cc21. The predicted molar refractivity (Wildman–Crippen MR) is 128 cm³/mol. The van der Waals surface area contributed by atoms with E-state index in [4.69, 9.17) is 0 Å². The Morgan fingerprint density at radius 3 is 2.44 bits per heavy atom. The number of likely N-dealkylation sites (tertiary alicyclic amines) is 1. The molecule has 11 heteroatoms. The lowest BCUT2D eigenvalue weighted by Gasteiger charge is -2.30. The number of ether oxygens (including phenoxy) is 1. The third-order valence-electron chi connectivity index (χ3n) is 5.85. The topological polar surface area (TPSA) is 61.9 Å². The van der Waals surface area contributed by atoms with E-state index in [0.29, 0.717) is 11.4 Å². The quantitative estimate of drug-likeness (QED) is 0.490. The first-order valence-electron chi connectivity index (χ1n) is 11.3. The molecule has 1 saturated heterocycles. The Kier molecular flexibility index (Phi) is 7.83. The van der Waals surface area contributed by atoms with Crippen molar-refractivity contribution < 1.29 is 26.3 Å². The van der Waals surface area contributed by atoms with Crippen molar-refractivity contribution in [1.82, 2.24) is 4.90 Å². The van der Waals surface area contributed by atoms with Gasteiger partial charge in [0.05, 0.1) is 10.6 Å². The first-order chi connectivity index (χ1) is 16.2. The standard InChI is InChI=1S/C23H28F3N3O3S2/c24-23(25,26)32-19-6-8-20(9-7-19)34(30,31)29-15-16-33-22-10-5-18(17-21(22)29)27-11-4-14-28-12-2-1-3-13-28/h5-10,17,27H,1-4,11-16H2. The van der Waals surface area contributed by atoms with E-state index in [1.807, 2.05) is 18.2 Å². The van der Waals surface area contributed by atoms with Gasteiger partial charge in [0, 0.05) is 29.4 Å². The highest BCUT2D eigenvalue weighted by Gasteiger charge is 2.32. The van der Waals surface area contributed by atoms with Crippen LogP contribution in [0.4, 0.5) is 24.5 Å². The summed E-state index contributed by atoms with van der Waals surface area (Å²) in [6, 6.07) is 10.0. The number of hydrogen-bond donors (Lipinski definition) is 1. The minimum atomic E-state index is -4.83. The van der Waals surface area contributed by atoms with Crippen molar-refractivity contribution in [3.05, 3.63) is 42.5 Å². The normalized spacial score (nSPS) is 17.3. The molecule has 6 nitrogen and oxygen atoms in total. The molecule has 1 fully saturated rings. The zero-order valence-electron chi connectivity index (χ0n) is 18.7. The Balaban J connectivity index is 1.44. The van der Waals surface area contributed by atoms with E-state index in [1.165, 1.54) is 23.6 Å². The van der Waals surface area contributed by atoms with Crippen LogP contribution in [0.5, 0.6) is 5.75 Å². The molecule has 34 heavy (non-hydrogen) atoms. The Morgan fingerprint density at radius 1 is 1.00 bits per heavy atom. The molecule has 0 aliphatic carbocycles. The highest BCUT2D eigenvalue weighted by molar-refractivity contribution is 8.00. The molecule has 1 N–H and O–H groups in total. The van der Waals surface area contributed by atoms with Crippen LogP contribution in [0.25, 0.3) is 0 Å². The number of alkyl halides is 3. The van der Waals surface area contributed by atoms with E-state index in [1.54, 1.807) is 11.8 Å². The molecular weight excluding hydrogens is 487 g/mol. The Labute approximate surface area is 202 Å². The number of anilines is 2. The Hall–Kier alpha value is -2.11. The minimum absolute atomic E-state index is 0.0835. The molecule has 0 bridgehead atoms. The van der Waals surface area contributed by atoms with Crippen LogP contribution in [0.15, 0.2) is 52.3 Å². The number of piperidine rings is 1. The largest absolute Gasteiger partial charge is 0.573 e. The van der Waals surface area contributed by atoms with E-state index in [0.717, 1.165) is 67.4 Å². The molecular formula is C23H28F3N3O3S2. The van der Waals surface area contributed by atoms with Crippen molar-refractivity contribution in [3.8, 4) is 5.75 Å². The first-order valence-corrected chi connectivity index (χ1v) is 13.8. The van der Waals surface area contributed by atoms with Gasteiger partial charge in [-0.2, -0.15) is 0 Å². The molecule has 0 aromatic heterocycles. The van der Waals surface area contributed by atoms with Gasteiger partial charge in [-0.25, -0.2) is 8.42 Å². The lowest BCUT2D eigenvalue weighted by Crippen LogP contribution is -2.35. The molecule has 2 aliphatic heterocycles. The molecule has 2 aliphatic rings. The molecule has 2 heterocycles. The number of halogens is 3. The third kappa shape index (κ3) is 6.31. The van der Waals surface area contributed by atoms with Crippen LogP contribution in [-0.4, -0.2) is 58.2 Å². The zero-order chi connectivity index (χ0) is 24.2. The highest BCUT2D eigenvalue weighted by Crippen LogP contribution is 2.39. The number of hydrogen-bond acceptors (Lipinski definition) is 6. The molecule has 4 rings (SSSR count). The van der Waals surface area contributed by atoms with Crippen LogP contribution in [-0.2, 0) is 10.0 Å². The van der Waals surface area contributed by atoms with Crippen LogP contribution in [0.1, 0.15) is 25.7 Å². The number of nitrogens with one attached hydrogen (secondary N) is 1. The lowest BCUT2D eigenvalue weighted by atomic mass is 10.1. The maximum atomic E-state index is 13.3. The second-order valence-electron chi connectivity index (χ2n) is 8.31. The molecule has 0 atom stereocenters. The van der Waals surface area contributed by atoms with Crippen molar-refractivity contribution >= 4 is 33.2 Å². The second kappa shape index (κ2) is 10.7. The highest BCUT2D eigenvalue weighted by atomic mass is 32.2. The van der Waals surface area contributed by atoms with E-state index >= 15 is 0 Å². The van der Waals surface area contributed by atoms with Gasteiger partial charge in [0.25, 0.3) is 10.0 Å². The van der Waals surface area contributed by atoms with Gasteiger partial charge in [0.1, 0.15) is 5.75 Å². The van der Waals surface area contributed by atoms with Gasteiger partial charge in [0.2, 0.25) is 0 Å². The van der Waals surface area contributed by atoms with Crippen molar-refractivity contribution in [2.75, 3.05) is 48.1 Å². The number of sulfonamides is 1. The Bertz CT molecular complexity index is 1070. The van der Waals surface area contributed by atoms with Crippen molar-refractivity contribution in [2.45, 2.75) is 41.8 Å². The fraction of sp³-hybridized carbons (Fsp3) is 0.478. The van der Waals surface area contributed by atoms with Gasteiger partial charge in [-0.05, 0) is 81.4 Å². The van der Waals surface area contributed by atoms with E-state index in [-0.39, 0.29) is 11.4 Å². The summed E-state index contributed by atoms with van der Waals surface area (Å²) in [5, 5.41) is 3.39. The van der Waals surface area contributed by atoms with Crippen LogP contribution < -0.4 is 14.4 Å². The maximum Gasteiger partial charge on any atom is 0.573 e. The summed E-state index contributed by atoms with van der Waals surface area (Å²) in [6.45, 7) is 4.43. The molecule has 186 valence electrons. The monoisotopic (exact) mass is 515 g/mol. The smallest absolute Gasteiger partial charge is 0.406 e. The molecule has 0 amide bonds. The number of nitrogens with zero attached hydrogens (tertiary/aromatic N) is 2. The summed E-state index contributed by atoms with van der Waals surface area (Å²) in [5.41, 5.74) is 1.42. The van der Waals surface area contributed by atoms with Crippen LogP contribution >= 0.6 is 11.8 Å². The van der Waals surface area contributed by atoms with E-state index in [2.05, 4.69) is 15.0 Å². The van der Waals surface area contributed by atoms with Crippen molar-refractivity contribution in [2.24, 2.45) is 0 Å². The summed E-state index contributed by atoms with van der Waals surface area (Å²) in [6.07, 6.45) is 0.00415. The Morgan fingerprint density at radius 2 is 1.74 bits per heavy atom. The predicted octanol–water partition coefficient (Wildman–Crippen LogP) is 5.17. The fourth-order valence-electron chi connectivity index (χ4n) is 4.21. The van der Waals surface area contributed by atoms with Gasteiger partial charge in [-0.15, -0.1) is 24.9 Å². The molecule has 2 aromatic carbocycles. The summed E-state index contributed by atoms with van der Waals surface area (Å²) >= 11 is 1.58. The zero-order valence-corrected chi connectivity index (χ0v) is 20.3. The van der Waals surface area contributed by atoms with Crippen LogP contribution in [0.2, 0.25) is 0 Å². The number of benzene rings is 2. The summed E-state index contributed by atoms with van der Waals surface area (Å²) in [7, 11) is -3.94. The molecule has 0 radical (unpaired) electrons. The average Bonchev–Trinajstić information content (AvgIpc) is 2.81. The van der Waals surface area contributed by atoms with Crippen molar-refractivity contribution in [3.63, 3.8) is 0 Å². The number of thioether (sulfide) groups is 1. The van der Waals surface area contributed by atoms with Gasteiger partial charge in [-0.3, -0.25) is 4.31 Å². The van der Waals surface area contributed by atoms with Gasteiger partial charge >= 0.3 is 6.36 Å². The van der Waals surface area contributed by atoms with E-state index in [9.17, 15) is 21.6 Å². The fourth-order valence-corrected chi connectivity index (χ4v) is 6.84. The molecule has 0 saturated carbocycles. The average molecular weight is 516 g/mol. The van der Waals surface area contributed by atoms with E-state index < -0.39 is 22.1 Å².